The van der Waals surface area contributed by atoms with E-state index in [9.17, 15) is 0 Å². The molecular formula is C16H26ClNS. The van der Waals surface area contributed by atoms with Crippen LogP contribution in [0.5, 0.6) is 0 Å². The first-order valence-electron chi connectivity index (χ1n) is 7.08. The summed E-state index contributed by atoms with van der Waals surface area (Å²) >= 11 is 8.21. The molecule has 0 atom stereocenters. The Balaban J connectivity index is 2.49. The standard InChI is InChI=1S/C16H26ClNS/c1-5-6-7-10-19-15-9-8-13(11-14(15)17)12-18-16(2,3)4/h8-9,11,18H,5-7,10,12H2,1-4H3. The van der Waals surface area contributed by atoms with Crippen LogP contribution in [0.25, 0.3) is 0 Å². The van der Waals surface area contributed by atoms with Gasteiger partial charge in [0.05, 0.1) is 5.02 Å². The second kappa shape index (κ2) is 8.18. The van der Waals surface area contributed by atoms with Crippen LogP contribution >= 0.6 is 23.4 Å². The van der Waals surface area contributed by atoms with E-state index in [-0.39, 0.29) is 5.54 Å². The molecule has 0 aromatic heterocycles. The van der Waals surface area contributed by atoms with Gasteiger partial charge in [0.15, 0.2) is 0 Å². The van der Waals surface area contributed by atoms with Gasteiger partial charge in [0.1, 0.15) is 0 Å². The van der Waals surface area contributed by atoms with Crippen LogP contribution in [0.4, 0.5) is 0 Å². The van der Waals surface area contributed by atoms with Gasteiger partial charge in [0, 0.05) is 17.0 Å². The molecule has 1 rings (SSSR count). The number of nitrogens with one attached hydrogen (secondary N) is 1. The van der Waals surface area contributed by atoms with Crippen molar-refractivity contribution in [3.05, 3.63) is 28.8 Å². The summed E-state index contributed by atoms with van der Waals surface area (Å²) in [6, 6.07) is 6.41. The lowest BCUT2D eigenvalue weighted by atomic mass is 10.1. The van der Waals surface area contributed by atoms with Crippen LogP contribution in [0.2, 0.25) is 5.02 Å². The number of rotatable bonds is 7. The smallest absolute Gasteiger partial charge is 0.0545 e. The molecule has 3 heteroatoms. The molecule has 0 saturated carbocycles. The van der Waals surface area contributed by atoms with E-state index in [1.807, 2.05) is 11.8 Å². The van der Waals surface area contributed by atoms with Crippen LogP contribution in [-0.4, -0.2) is 11.3 Å². The number of unbranched alkanes of at least 4 members (excludes halogenated alkanes) is 2. The predicted molar refractivity (Wildman–Crippen MR) is 88.3 cm³/mol. The lowest BCUT2D eigenvalue weighted by Gasteiger charge is -2.20. The summed E-state index contributed by atoms with van der Waals surface area (Å²) in [6.07, 6.45) is 3.84. The Labute approximate surface area is 127 Å². The maximum atomic E-state index is 6.34. The van der Waals surface area contributed by atoms with Crippen LogP contribution in [0, 0.1) is 0 Å². The third-order valence-electron chi connectivity index (χ3n) is 2.82. The van der Waals surface area contributed by atoms with Crippen LogP contribution in [-0.2, 0) is 6.54 Å². The Morgan fingerprint density at radius 3 is 2.53 bits per heavy atom. The van der Waals surface area contributed by atoms with Gasteiger partial charge in [-0.25, -0.2) is 0 Å². The Morgan fingerprint density at radius 1 is 1.21 bits per heavy atom. The number of hydrogen-bond acceptors (Lipinski definition) is 2. The van der Waals surface area contributed by atoms with Gasteiger partial charge >= 0.3 is 0 Å². The van der Waals surface area contributed by atoms with Crippen molar-refractivity contribution in [2.24, 2.45) is 0 Å². The van der Waals surface area contributed by atoms with Crippen molar-refractivity contribution >= 4 is 23.4 Å². The molecule has 0 bridgehead atoms. The van der Waals surface area contributed by atoms with E-state index < -0.39 is 0 Å². The third kappa shape index (κ3) is 7.24. The zero-order valence-electron chi connectivity index (χ0n) is 12.6. The van der Waals surface area contributed by atoms with Crippen LogP contribution in [0.3, 0.4) is 0 Å². The first kappa shape index (κ1) is 16.9. The van der Waals surface area contributed by atoms with Gasteiger partial charge in [-0.2, -0.15) is 0 Å². The molecule has 0 aliphatic carbocycles. The van der Waals surface area contributed by atoms with Gasteiger partial charge in [0.2, 0.25) is 0 Å². The molecule has 1 aromatic rings. The minimum absolute atomic E-state index is 0.139. The highest BCUT2D eigenvalue weighted by Crippen LogP contribution is 2.29. The molecule has 0 radical (unpaired) electrons. The summed E-state index contributed by atoms with van der Waals surface area (Å²) in [4.78, 5) is 1.21. The van der Waals surface area contributed by atoms with Crippen LogP contribution in [0.15, 0.2) is 23.1 Å². The van der Waals surface area contributed by atoms with Crippen molar-refractivity contribution in [3.8, 4) is 0 Å². The van der Waals surface area contributed by atoms with Crippen molar-refractivity contribution in [2.45, 2.75) is 63.9 Å². The van der Waals surface area contributed by atoms with Gasteiger partial charge in [-0.3, -0.25) is 0 Å². The Hall–Kier alpha value is -0.180. The maximum absolute atomic E-state index is 6.34. The lowest BCUT2D eigenvalue weighted by molar-refractivity contribution is 0.424. The largest absolute Gasteiger partial charge is 0.308 e. The lowest BCUT2D eigenvalue weighted by Crippen LogP contribution is -2.35. The predicted octanol–water partition coefficient (Wildman–Crippen LogP) is 5.51. The second-order valence-electron chi connectivity index (χ2n) is 5.92. The minimum atomic E-state index is 0.139. The first-order chi connectivity index (χ1) is 8.92. The maximum Gasteiger partial charge on any atom is 0.0545 e. The molecule has 1 N–H and O–H groups in total. The van der Waals surface area contributed by atoms with Gasteiger partial charge in [-0.05, 0) is 50.6 Å². The van der Waals surface area contributed by atoms with E-state index in [4.69, 9.17) is 11.6 Å². The zero-order valence-corrected chi connectivity index (χ0v) is 14.1. The van der Waals surface area contributed by atoms with E-state index in [1.54, 1.807) is 0 Å². The highest BCUT2D eigenvalue weighted by molar-refractivity contribution is 7.99. The highest BCUT2D eigenvalue weighted by atomic mass is 35.5. The summed E-state index contributed by atoms with van der Waals surface area (Å²) in [7, 11) is 0. The number of halogens is 1. The first-order valence-corrected chi connectivity index (χ1v) is 8.45. The average molecular weight is 300 g/mol. The normalized spacial score (nSPS) is 11.8. The van der Waals surface area contributed by atoms with Crippen molar-refractivity contribution in [3.63, 3.8) is 0 Å². The van der Waals surface area contributed by atoms with E-state index in [1.165, 1.54) is 29.7 Å². The Bertz CT molecular complexity index is 385. The summed E-state index contributed by atoms with van der Waals surface area (Å²) in [6.45, 7) is 9.62. The number of benzene rings is 1. The van der Waals surface area contributed by atoms with Crippen LogP contribution in [0.1, 0.15) is 52.5 Å². The van der Waals surface area contributed by atoms with Gasteiger partial charge < -0.3 is 5.32 Å². The molecule has 0 aliphatic heterocycles. The molecule has 19 heavy (non-hydrogen) atoms. The molecule has 0 heterocycles. The summed E-state index contributed by atoms with van der Waals surface area (Å²) in [5.74, 6) is 1.16. The molecule has 1 nitrogen and oxygen atoms in total. The second-order valence-corrected chi connectivity index (χ2v) is 7.47. The molecule has 0 amide bonds. The zero-order chi connectivity index (χ0) is 14.3. The molecule has 0 spiro atoms. The van der Waals surface area contributed by atoms with Gasteiger partial charge in [0.25, 0.3) is 0 Å². The quantitative estimate of drug-likeness (QED) is 0.526. The van der Waals surface area contributed by atoms with Gasteiger partial charge in [-0.15, -0.1) is 11.8 Å². The molecule has 108 valence electrons. The number of hydrogen-bond donors (Lipinski definition) is 1. The fourth-order valence-corrected chi connectivity index (χ4v) is 2.97. The summed E-state index contributed by atoms with van der Waals surface area (Å²) in [5.41, 5.74) is 1.39. The molecule has 0 aliphatic rings. The monoisotopic (exact) mass is 299 g/mol. The van der Waals surface area contributed by atoms with E-state index in [2.05, 4.69) is 51.2 Å². The van der Waals surface area contributed by atoms with Crippen molar-refractivity contribution in [1.29, 1.82) is 0 Å². The summed E-state index contributed by atoms with van der Waals surface area (Å²) < 4.78 is 0. The molecule has 0 unspecified atom stereocenters. The fourth-order valence-electron chi connectivity index (χ4n) is 1.67. The van der Waals surface area contributed by atoms with Crippen molar-refractivity contribution in [2.75, 3.05) is 5.75 Å². The highest BCUT2D eigenvalue weighted by Gasteiger charge is 2.09. The topological polar surface area (TPSA) is 12.0 Å². The molecule has 0 fully saturated rings. The Kier molecular flexibility index (Phi) is 7.27. The van der Waals surface area contributed by atoms with E-state index >= 15 is 0 Å². The van der Waals surface area contributed by atoms with Crippen molar-refractivity contribution < 1.29 is 0 Å². The average Bonchev–Trinajstić information content (AvgIpc) is 2.33. The molecular weight excluding hydrogens is 274 g/mol. The van der Waals surface area contributed by atoms with E-state index in [0.29, 0.717) is 0 Å². The molecule has 1 aromatic carbocycles. The van der Waals surface area contributed by atoms with Gasteiger partial charge in [-0.1, -0.05) is 37.4 Å². The molecule has 0 saturated heterocycles. The minimum Gasteiger partial charge on any atom is -0.308 e. The third-order valence-corrected chi connectivity index (χ3v) is 4.41. The summed E-state index contributed by atoms with van der Waals surface area (Å²) in [5, 5.41) is 4.36. The SMILES string of the molecule is CCCCCSc1ccc(CNC(C)(C)C)cc1Cl. The number of thioether (sulfide) groups is 1. The van der Waals surface area contributed by atoms with Crippen LogP contribution < -0.4 is 5.32 Å². The van der Waals surface area contributed by atoms with E-state index in [0.717, 1.165) is 17.3 Å². The Morgan fingerprint density at radius 2 is 1.95 bits per heavy atom. The fraction of sp³-hybridized carbons (Fsp3) is 0.625. The van der Waals surface area contributed by atoms with Crippen molar-refractivity contribution in [1.82, 2.24) is 5.32 Å².